The van der Waals surface area contributed by atoms with Crippen molar-refractivity contribution in [1.29, 1.82) is 0 Å². The molecule has 4 heteroatoms. The summed E-state index contributed by atoms with van der Waals surface area (Å²) in [5.74, 6) is 0. The van der Waals surface area contributed by atoms with Gasteiger partial charge in [0.1, 0.15) is 0 Å². The van der Waals surface area contributed by atoms with Gasteiger partial charge in [0, 0.05) is 12.4 Å². The lowest BCUT2D eigenvalue weighted by Gasteiger charge is -2.06. The normalized spacial score (nSPS) is 10.7. The molecule has 4 rings (SSSR count). The van der Waals surface area contributed by atoms with Crippen molar-refractivity contribution in [2.75, 3.05) is 0 Å². The van der Waals surface area contributed by atoms with E-state index in [1.54, 1.807) is 24.8 Å². The van der Waals surface area contributed by atoms with Crippen LogP contribution in [0.4, 0.5) is 0 Å². The molecule has 0 aliphatic heterocycles. The fourth-order valence-electron chi connectivity index (χ4n) is 2.46. The van der Waals surface area contributed by atoms with Gasteiger partial charge >= 0.3 is 0 Å². The van der Waals surface area contributed by atoms with Crippen molar-refractivity contribution >= 4 is 0 Å². The van der Waals surface area contributed by atoms with Crippen molar-refractivity contribution in [2.45, 2.75) is 0 Å². The summed E-state index contributed by atoms with van der Waals surface area (Å²) in [6.45, 7) is 0. The van der Waals surface area contributed by atoms with E-state index in [9.17, 15) is 0 Å². The maximum atomic E-state index is 3.85. The SMILES string of the molecule is c1cc(-c2cn[n-]c2)ccc1-c1ccc(-c2cn[n-]c2)cc1. The number of nitrogens with zero attached hydrogens (tertiary/aromatic N) is 4. The van der Waals surface area contributed by atoms with E-state index in [1.807, 2.05) is 0 Å². The van der Waals surface area contributed by atoms with E-state index in [0.29, 0.717) is 0 Å². The first-order chi connectivity index (χ1) is 10.9. The predicted molar refractivity (Wildman–Crippen MR) is 85.0 cm³/mol. The molecular weight excluding hydrogens is 272 g/mol. The largest absolute Gasteiger partial charge is 0.581 e. The average molecular weight is 284 g/mol. The van der Waals surface area contributed by atoms with Crippen LogP contribution in [0.5, 0.6) is 0 Å². The van der Waals surface area contributed by atoms with Gasteiger partial charge in [-0.15, -0.1) is 0 Å². The molecule has 0 atom stereocenters. The molecule has 0 N–H and O–H groups in total. The highest BCUT2D eigenvalue weighted by molar-refractivity contribution is 5.72. The zero-order valence-electron chi connectivity index (χ0n) is 11.7. The van der Waals surface area contributed by atoms with Crippen LogP contribution in [-0.4, -0.2) is 10.2 Å². The second kappa shape index (κ2) is 5.33. The molecule has 106 valence electrons. The van der Waals surface area contributed by atoms with Crippen LogP contribution in [0, 0.1) is 0 Å². The maximum absolute atomic E-state index is 3.85. The van der Waals surface area contributed by atoms with Gasteiger partial charge in [-0.25, -0.2) is 0 Å². The zero-order valence-corrected chi connectivity index (χ0v) is 11.7. The van der Waals surface area contributed by atoms with Crippen LogP contribution in [0.15, 0.2) is 73.3 Å². The van der Waals surface area contributed by atoms with E-state index in [1.165, 1.54) is 11.1 Å². The lowest BCUT2D eigenvalue weighted by atomic mass is 10.00. The number of hydrogen-bond donors (Lipinski definition) is 0. The van der Waals surface area contributed by atoms with Crippen LogP contribution >= 0.6 is 0 Å². The summed E-state index contributed by atoms with van der Waals surface area (Å²) in [4.78, 5) is 0. The van der Waals surface area contributed by atoms with Crippen molar-refractivity contribution in [3.8, 4) is 33.4 Å². The Hall–Kier alpha value is -3.14. The Morgan fingerprint density at radius 3 is 1.05 bits per heavy atom. The average Bonchev–Trinajstić information content (AvgIpc) is 3.29. The molecule has 0 saturated heterocycles. The fraction of sp³-hybridized carbons (Fsp3) is 0. The smallest absolute Gasteiger partial charge is 0.00987 e. The molecule has 2 heterocycles. The van der Waals surface area contributed by atoms with Crippen molar-refractivity contribution in [3.63, 3.8) is 0 Å². The van der Waals surface area contributed by atoms with Crippen LogP contribution < -0.4 is 10.2 Å². The monoisotopic (exact) mass is 284 g/mol. The summed E-state index contributed by atoms with van der Waals surface area (Å²) in [7, 11) is 0. The van der Waals surface area contributed by atoms with Gasteiger partial charge in [-0.2, -0.15) is 12.4 Å². The van der Waals surface area contributed by atoms with Gasteiger partial charge in [0.05, 0.1) is 0 Å². The summed E-state index contributed by atoms with van der Waals surface area (Å²) >= 11 is 0. The lowest BCUT2D eigenvalue weighted by Crippen LogP contribution is -1.80. The fourth-order valence-corrected chi connectivity index (χ4v) is 2.46. The topological polar surface area (TPSA) is 54.0 Å². The van der Waals surface area contributed by atoms with E-state index in [-0.39, 0.29) is 0 Å². The summed E-state index contributed by atoms with van der Waals surface area (Å²) < 4.78 is 0. The molecular formula is C18H12N4-2. The van der Waals surface area contributed by atoms with E-state index in [2.05, 4.69) is 68.9 Å². The standard InChI is InChI=1S/C18H12N4/c1-5-15(17-9-19-20-10-17)6-2-13(1)14-3-7-16(8-4-14)18-11-21-22-12-18/h1-12H/q-2. The van der Waals surface area contributed by atoms with Gasteiger partial charge in [0.2, 0.25) is 0 Å². The highest BCUT2D eigenvalue weighted by Gasteiger charge is 2.01. The van der Waals surface area contributed by atoms with E-state index in [4.69, 9.17) is 0 Å². The van der Waals surface area contributed by atoms with Gasteiger partial charge < -0.3 is 20.4 Å². The quantitative estimate of drug-likeness (QED) is 0.578. The van der Waals surface area contributed by atoms with Gasteiger partial charge in [-0.05, 0) is 33.4 Å². The van der Waals surface area contributed by atoms with Crippen molar-refractivity contribution in [3.05, 3.63) is 73.3 Å². The minimum Gasteiger partial charge on any atom is -0.581 e. The van der Waals surface area contributed by atoms with Crippen molar-refractivity contribution < 1.29 is 0 Å². The summed E-state index contributed by atoms with van der Waals surface area (Å²) in [6.07, 6.45) is 7.08. The van der Waals surface area contributed by atoms with Crippen LogP contribution in [0.25, 0.3) is 33.4 Å². The second-order valence-corrected chi connectivity index (χ2v) is 5.04. The summed E-state index contributed by atoms with van der Waals surface area (Å²) in [6, 6.07) is 16.8. The highest BCUT2D eigenvalue weighted by atomic mass is 15.1. The number of hydrogen-bond acceptors (Lipinski definition) is 2. The van der Waals surface area contributed by atoms with E-state index in [0.717, 1.165) is 22.3 Å². The molecule has 0 aliphatic rings. The Balaban J connectivity index is 1.62. The van der Waals surface area contributed by atoms with Crippen molar-refractivity contribution in [2.24, 2.45) is 0 Å². The first-order valence-electron chi connectivity index (χ1n) is 6.98. The molecule has 22 heavy (non-hydrogen) atoms. The Kier molecular flexibility index (Phi) is 3.05. The zero-order chi connectivity index (χ0) is 14.8. The Labute approximate surface area is 127 Å². The van der Waals surface area contributed by atoms with Crippen LogP contribution in [0.3, 0.4) is 0 Å². The molecule has 4 nitrogen and oxygen atoms in total. The maximum Gasteiger partial charge on any atom is 0.00987 e. The lowest BCUT2D eigenvalue weighted by molar-refractivity contribution is 1.06. The first-order valence-corrected chi connectivity index (χ1v) is 6.98. The molecule has 0 spiro atoms. The molecule has 0 unspecified atom stereocenters. The number of rotatable bonds is 3. The highest BCUT2D eigenvalue weighted by Crippen LogP contribution is 2.26. The molecule has 2 aromatic heterocycles. The molecule has 0 aliphatic carbocycles. The van der Waals surface area contributed by atoms with E-state index < -0.39 is 0 Å². The summed E-state index contributed by atoms with van der Waals surface area (Å²) in [5.41, 5.74) is 6.69. The third kappa shape index (κ3) is 2.31. The molecule has 0 saturated carbocycles. The molecule has 2 aromatic carbocycles. The predicted octanol–water partition coefficient (Wildman–Crippen LogP) is 3.39. The first kappa shape index (κ1) is 12.6. The van der Waals surface area contributed by atoms with E-state index >= 15 is 0 Å². The van der Waals surface area contributed by atoms with Crippen molar-refractivity contribution in [1.82, 2.24) is 20.4 Å². The van der Waals surface area contributed by atoms with Crippen LogP contribution in [0.2, 0.25) is 0 Å². The Morgan fingerprint density at radius 1 is 0.455 bits per heavy atom. The van der Waals surface area contributed by atoms with Crippen LogP contribution in [0.1, 0.15) is 0 Å². The molecule has 0 radical (unpaired) electrons. The van der Waals surface area contributed by atoms with Crippen LogP contribution in [-0.2, 0) is 0 Å². The van der Waals surface area contributed by atoms with Gasteiger partial charge in [-0.1, -0.05) is 48.5 Å². The minimum atomic E-state index is 1.04. The molecule has 4 aromatic rings. The van der Waals surface area contributed by atoms with Gasteiger partial charge in [-0.3, -0.25) is 0 Å². The van der Waals surface area contributed by atoms with Gasteiger partial charge in [0.15, 0.2) is 0 Å². The minimum absolute atomic E-state index is 1.04. The summed E-state index contributed by atoms with van der Waals surface area (Å²) in [5, 5.41) is 15.4. The molecule has 0 amide bonds. The third-order valence-electron chi connectivity index (χ3n) is 3.69. The number of aromatic nitrogens is 4. The Bertz CT molecular complexity index is 767. The third-order valence-corrected chi connectivity index (χ3v) is 3.69. The second-order valence-electron chi connectivity index (χ2n) is 5.04. The molecule has 0 fully saturated rings. The molecule has 0 bridgehead atoms. The van der Waals surface area contributed by atoms with Gasteiger partial charge in [0.25, 0.3) is 0 Å². The Morgan fingerprint density at radius 2 is 0.773 bits per heavy atom. The number of benzene rings is 2.